The molecule has 7 nitrogen and oxygen atoms in total. The lowest BCUT2D eigenvalue weighted by molar-refractivity contribution is 0.0779. The second-order valence-corrected chi connectivity index (χ2v) is 7.81. The van der Waals surface area contributed by atoms with Gasteiger partial charge in [-0.15, -0.1) is 11.3 Å². The van der Waals surface area contributed by atoms with E-state index in [2.05, 4.69) is 25.6 Å². The van der Waals surface area contributed by atoms with Crippen LogP contribution in [0.2, 0.25) is 0 Å². The first-order valence-electron chi connectivity index (χ1n) is 9.14. The molecule has 28 heavy (non-hydrogen) atoms. The van der Waals surface area contributed by atoms with E-state index in [1.54, 1.807) is 12.4 Å². The van der Waals surface area contributed by atoms with Crippen molar-refractivity contribution in [1.82, 2.24) is 19.9 Å². The van der Waals surface area contributed by atoms with Crippen LogP contribution in [0, 0.1) is 0 Å². The smallest absolute Gasteiger partial charge is 0.274 e. The summed E-state index contributed by atoms with van der Waals surface area (Å²) in [5.41, 5.74) is 1.98. The third-order valence-corrected chi connectivity index (χ3v) is 5.92. The van der Waals surface area contributed by atoms with Gasteiger partial charge in [0.2, 0.25) is 5.95 Å². The SMILES string of the molecule is CNc1cc2nc(N[C@@H](C)c3cccnc3)nc(C(=O)N3CC[C@@H](F)C3)c2s1. The van der Waals surface area contributed by atoms with E-state index in [1.807, 2.05) is 32.2 Å². The third-order valence-electron chi connectivity index (χ3n) is 4.77. The van der Waals surface area contributed by atoms with Crippen LogP contribution in [-0.4, -0.2) is 52.1 Å². The summed E-state index contributed by atoms with van der Waals surface area (Å²) < 4.78 is 14.3. The molecular weight excluding hydrogens is 379 g/mol. The van der Waals surface area contributed by atoms with E-state index < -0.39 is 6.17 Å². The van der Waals surface area contributed by atoms with Crippen molar-refractivity contribution in [3.05, 3.63) is 41.9 Å². The maximum atomic E-state index is 13.6. The summed E-state index contributed by atoms with van der Waals surface area (Å²) in [5.74, 6) is 0.109. The zero-order chi connectivity index (χ0) is 19.7. The highest BCUT2D eigenvalue weighted by molar-refractivity contribution is 7.23. The maximum absolute atomic E-state index is 13.6. The van der Waals surface area contributed by atoms with Crippen molar-refractivity contribution in [3.63, 3.8) is 0 Å². The molecule has 3 aromatic heterocycles. The van der Waals surface area contributed by atoms with Crippen molar-refractivity contribution >= 4 is 38.4 Å². The highest BCUT2D eigenvalue weighted by atomic mass is 32.1. The first kappa shape index (κ1) is 18.5. The molecule has 0 aliphatic carbocycles. The van der Waals surface area contributed by atoms with Crippen LogP contribution in [-0.2, 0) is 0 Å². The molecule has 9 heteroatoms. The third kappa shape index (κ3) is 3.62. The van der Waals surface area contributed by atoms with Crippen molar-refractivity contribution in [2.24, 2.45) is 0 Å². The Labute approximate surface area is 166 Å². The lowest BCUT2D eigenvalue weighted by Crippen LogP contribution is -2.30. The Hall–Kier alpha value is -2.81. The second-order valence-electron chi connectivity index (χ2n) is 6.76. The number of amides is 1. The van der Waals surface area contributed by atoms with E-state index in [-0.39, 0.29) is 18.5 Å². The average molecular weight is 400 g/mol. The first-order valence-corrected chi connectivity index (χ1v) is 9.96. The fourth-order valence-electron chi connectivity index (χ4n) is 3.22. The largest absolute Gasteiger partial charge is 0.380 e. The number of pyridine rings is 1. The van der Waals surface area contributed by atoms with E-state index in [4.69, 9.17) is 0 Å². The van der Waals surface area contributed by atoms with Crippen molar-refractivity contribution in [2.75, 3.05) is 30.8 Å². The lowest BCUT2D eigenvalue weighted by Gasteiger charge is -2.17. The summed E-state index contributed by atoms with van der Waals surface area (Å²) in [4.78, 5) is 27.8. The monoisotopic (exact) mass is 400 g/mol. The molecule has 0 bridgehead atoms. The molecule has 0 unspecified atom stereocenters. The number of anilines is 2. The summed E-state index contributed by atoms with van der Waals surface area (Å²) in [7, 11) is 1.82. The van der Waals surface area contributed by atoms with Crippen LogP contribution in [0.3, 0.4) is 0 Å². The van der Waals surface area contributed by atoms with Crippen LogP contribution in [0.4, 0.5) is 15.3 Å². The summed E-state index contributed by atoms with van der Waals surface area (Å²) in [6, 6.07) is 5.63. The van der Waals surface area contributed by atoms with E-state index in [0.29, 0.717) is 34.8 Å². The van der Waals surface area contributed by atoms with E-state index in [9.17, 15) is 9.18 Å². The number of hydrogen-bond acceptors (Lipinski definition) is 7. The van der Waals surface area contributed by atoms with Gasteiger partial charge in [0.15, 0.2) is 5.69 Å². The molecule has 2 atom stereocenters. The minimum atomic E-state index is -0.972. The van der Waals surface area contributed by atoms with E-state index in [0.717, 1.165) is 10.6 Å². The molecule has 4 heterocycles. The molecule has 1 aliphatic rings. The standard InChI is InChI=1S/C19H21FN6OS/c1-11(12-4-3-6-22-9-12)23-19-24-14-8-15(21-2)28-17(14)16(25-19)18(27)26-7-5-13(20)10-26/h3-4,6,8-9,11,13,21H,5,7,10H2,1-2H3,(H,23,24,25)/t11-,13+/m0/s1. The van der Waals surface area contributed by atoms with Crippen molar-refractivity contribution in [3.8, 4) is 0 Å². The Morgan fingerprint density at radius 3 is 2.96 bits per heavy atom. The van der Waals surface area contributed by atoms with Crippen LogP contribution in [0.5, 0.6) is 0 Å². The average Bonchev–Trinajstić information content (AvgIpc) is 3.33. The zero-order valence-electron chi connectivity index (χ0n) is 15.6. The summed E-state index contributed by atoms with van der Waals surface area (Å²) >= 11 is 1.42. The normalized spacial score (nSPS) is 17.7. The van der Waals surface area contributed by atoms with Gasteiger partial charge >= 0.3 is 0 Å². The molecule has 146 valence electrons. The number of alkyl halides is 1. The van der Waals surface area contributed by atoms with Crippen molar-refractivity contribution in [1.29, 1.82) is 0 Å². The summed E-state index contributed by atoms with van der Waals surface area (Å²) in [5, 5.41) is 7.22. The number of thiophene rings is 1. The summed E-state index contributed by atoms with van der Waals surface area (Å²) in [6.45, 7) is 2.50. The van der Waals surface area contributed by atoms with Gasteiger partial charge in [-0.2, -0.15) is 0 Å². The minimum Gasteiger partial charge on any atom is -0.380 e. The number of likely N-dealkylation sites (tertiary alicyclic amines) is 1. The second kappa shape index (κ2) is 7.67. The number of rotatable bonds is 5. The number of fused-ring (bicyclic) bond motifs is 1. The lowest BCUT2D eigenvalue weighted by atomic mass is 10.1. The number of carbonyl (C=O) groups is 1. The Morgan fingerprint density at radius 1 is 1.43 bits per heavy atom. The van der Waals surface area contributed by atoms with Crippen LogP contribution in [0.25, 0.3) is 10.2 Å². The van der Waals surface area contributed by atoms with Crippen LogP contribution in [0.1, 0.15) is 35.4 Å². The number of carbonyl (C=O) groups excluding carboxylic acids is 1. The van der Waals surface area contributed by atoms with Gasteiger partial charge in [0.05, 0.1) is 27.8 Å². The topological polar surface area (TPSA) is 83.0 Å². The van der Waals surface area contributed by atoms with Crippen LogP contribution < -0.4 is 10.6 Å². The number of halogens is 1. The minimum absolute atomic E-state index is 0.0847. The van der Waals surface area contributed by atoms with Gasteiger partial charge in [0.1, 0.15) is 6.17 Å². The van der Waals surface area contributed by atoms with Gasteiger partial charge in [-0.3, -0.25) is 9.78 Å². The molecule has 4 rings (SSSR count). The first-order chi connectivity index (χ1) is 13.5. The quantitative estimate of drug-likeness (QED) is 0.682. The Balaban J connectivity index is 1.70. The van der Waals surface area contributed by atoms with Gasteiger partial charge in [-0.1, -0.05) is 6.07 Å². The molecule has 1 amide bonds. The molecule has 1 aliphatic heterocycles. The molecule has 0 radical (unpaired) electrons. The number of nitrogens with zero attached hydrogens (tertiary/aromatic N) is 4. The number of hydrogen-bond donors (Lipinski definition) is 2. The molecule has 1 fully saturated rings. The fourth-order valence-corrected chi connectivity index (χ4v) is 4.15. The van der Waals surface area contributed by atoms with Crippen molar-refractivity contribution < 1.29 is 9.18 Å². The number of aromatic nitrogens is 3. The molecule has 0 aromatic carbocycles. The zero-order valence-corrected chi connectivity index (χ0v) is 16.5. The Bertz CT molecular complexity index is 995. The van der Waals surface area contributed by atoms with Crippen LogP contribution >= 0.6 is 11.3 Å². The van der Waals surface area contributed by atoms with E-state index >= 15 is 0 Å². The highest BCUT2D eigenvalue weighted by Crippen LogP contribution is 2.33. The Kier molecular flexibility index (Phi) is 5.08. The number of nitrogens with one attached hydrogen (secondary N) is 2. The predicted molar refractivity (Wildman–Crippen MR) is 109 cm³/mol. The molecule has 0 saturated carbocycles. The van der Waals surface area contributed by atoms with E-state index in [1.165, 1.54) is 16.2 Å². The van der Waals surface area contributed by atoms with Gasteiger partial charge < -0.3 is 15.5 Å². The molecule has 2 N–H and O–H groups in total. The molecule has 0 spiro atoms. The molecule has 1 saturated heterocycles. The van der Waals surface area contributed by atoms with Crippen LogP contribution in [0.15, 0.2) is 30.6 Å². The van der Waals surface area contributed by atoms with Crippen molar-refractivity contribution in [2.45, 2.75) is 25.6 Å². The predicted octanol–water partition coefficient (Wildman–Crippen LogP) is 3.49. The van der Waals surface area contributed by atoms with Gasteiger partial charge in [0.25, 0.3) is 5.91 Å². The van der Waals surface area contributed by atoms with Gasteiger partial charge in [-0.25, -0.2) is 14.4 Å². The molecule has 3 aromatic rings. The fraction of sp³-hybridized carbons (Fsp3) is 0.368. The van der Waals surface area contributed by atoms with Gasteiger partial charge in [-0.05, 0) is 31.0 Å². The summed E-state index contributed by atoms with van der Waals surface area (Å²) in [6.07, 6.45) is 2.89. The van der Waals surface area contributed by atoms with Gasteiger partial charge in [0, 0.05) is 26.0 Å². The maximum Gasteiger partial charge on any atom is 0.274 e. The Morgan fingerprint density at radius 2 is 2.29 bits per heavy atom. The highest BCUT2D eigenvalue weighted by Gasteiger charge is 2.29. The molecular formula is C19H21FN6OS.